The minimum Gasteiger partial charge on any atom is -0.491 e. The number of aryl methyl sites for hydroxylation is 1. The molecule has 3 heterocycles. The first-order chi connectivity index (χ1) is 17.7. The highest BCUT2D eigenvalue weighted by Crippen LogP contribution is 2.33. The summed E-state index contributed by atoms with van der Waals surface area (Å²) in [5.74, 6) is 0.514. The largest absolute Gasteiger partial charge is 0.491 e. The Kier molecular flexibility index (Phi) is 7.39. The number of alkyl halides is 3. The van der Waals surface area contributed by atoms with E-state index in [0.717, 1.165) is 27.4 Å². The normalized spacial score (nSPS) is 20.6. The number of aliphatic hydroxyl groups is 1. The highest BCUT2D eigenvalue weighted by Gasteiger charge is 2.39. The number of hydrogen-bond acceptors (Lipinski definition) is 7. The molecule has 1 unspecified atom stereocenters. The van der Waals surface area contributed by atoms with Crippen LogP contribution in [-0.4, -0.2) is 83.8 Å². The van der Waals surface area contributed by atoms with Crippen molar-refractivity contribution in [2.75, 3.05) is 50.8 Å². The van der Waals surface area contributed by atoms with Crippen LogP contribution in [0.2, 0.25) is 0 Å². The Balaban J connectivity index is 1.09. The highest BCUT2D eigenvalue weighted by molar-refractivity contribution is 7.18. The number of fused-ring (bicyclic) bond motifs is 1. The first kappa shape index (κ1) is 25.9. The zero-order valence-electron chi connectivity index (χ0n) is 20.4. The van der Waals surface area contributed by atoms with Gasteiger partial charge in [0, 0.05) is 51.0 Å². The minimum absolute atomic E-state index is 0.159. The Bertz CT molecular complexity index is 1260. The number of amides is 1. The summed E-state index contributed by atoms with van der Waals surface area (Å²) in [4.78, 5) is 23.2. The van der Waals surface area contributed by atoms with Gasteiger partial charge in [0.25, 0.3) is 0 Å². The van der Waals surface area contributed by atoms with Crippen molar-refractivity contribution in [1.29, 1.82) is 0 Å². The second-order valence-corrected chi connectivity index (χ2v) is 10.7. The lowest BCUT2D eigenvalue weighted by molar-refractivity contribution is -0.137. The van der Waals surface area contributed by atoms with Gasteiger partial charge in [-0.05, 0) is 43.7 Å². The van der Waals surface area contributed by atoms with Crippen LogP contribution in [0, 0.1) is 6.92 Å². The number of aromatic nitrogens is 1. The second-order valence-electron chi connectivity index (χ2n) is 9.51. The first-order valence-corrected chi connectivity index (χ1v) is 13.1. The number of aliphatic hydroxyl groups excluding tert-OH is 1. The van der Waals surface area contributed by atoms with E-state index in [4.69, 9.17) is 4.74 Å². The van der Waals surface area contributed by atoms with Crippen molar-refractivity contribution in [1.82, 2.24) is 14.8 Å². The van der Waals surface area contributed by atoms with E-state index in [9.17, 15) is 23.1 Å². The molecule has 7 nitrogen and oxygen atoms in total. The standard InChI is InChI=1S/C26H29F3N4O3S/c1-17-30-22-14-21(5-6-24(22)37-17)36-16-20(34)15-31-9-11-32(12-10-31)23-7-8-33(25(23)35)19-4-2-3-18(13-19)26(27,28)29/h2-6,13-14,20,23,34H,7-12,15-16H2,1H3/t20-,23?/m1/s1. The van der Waals surface area contributed by atoms with Crippen LogP contribution in [0.1, 0.15) is 17.0 Å². The lowest BCUT2D eigenvalue weighted by Crippen LogP contribution is -2.54. The number of anilines is 1. The van der Waals surface area contributed by atoms with Crippen LogP contribution in [0.15, 0.2) is 42.5 Å². The zero-order chi connectivity index (χ0) is 26.2. The molecule has 2 saturated heterocycles. The molecule has 0 bridgehead atoms. The van der Waals surface area contributed by atoms with Gasteiger partial charge >= 0.3 is 6.18 Å². The van der Waals surface area contributed by atoms with E-state index < -0.39 is 17.8 Å². The summed E-state index contributed by atoms with van der Waals surface area (Å²) in [6.07, 6.45) is -4.53. The van der Waals surface area contributed by atoms with Gasteiger partial charge in [0.2, 0.25) is 5.91 Å². The SMILES string of the molecule is Cc1nc2cc(OC[C@H](O)CN3CCN(C4CCN(c5cccc(C(F)(F)F)c5)C4=O)CC3)ccc2s1. The number of β-amino-alcohol motifs (C(OH)–C–C–N with tert-alkyl or cyclic N) is 1. The van der Waals surface area contributed by atoms with Gasteiger partial charge in [-0.2, -0.15) is 13.2 Å². The van der Waals surface area contributed by atoms with E-state index in [0.29, 0.717) is 51.4 Å². The molecule has 198 valence electrons. The lowest BCUT2D eigenvalue weighted by atomic mass is 10.1. The zero-order valence-corrected chi connectivity index (χ0v) is 21.3. The van der Waals surface area contributed by atoms with Crippen LogP contribution in [0.5, 0.6) is 5.75 Å². The molecule has 0 spiro atoms. The number of carbonyl (C=O) groups excluding carboxylic acids is 1. The maximum Gasteiger partial charge on any atom is 0.416 e. The summed E-state index contributed by atoms with van der Waals surface area (Å²) < 4.78 is 46.2. The van der Waals surface area contributed by atoms with Crippen LogP contribution < -0.4 is 9.64 Å². The summed E-state index contributed by atoms with van der Waals surface area (Å²) in [6, 6.07) is 10.3. The third kappa shape index (κ3) is 5.90. The first-order valence-electron chi connectivity index (χ1n) is 12.3. The van der Waals surface area contributed by atoms with E-state index in [-0.39, 0.29) is 24.2 Å². The summed E-state index contributed by atoms with van der Waals surface area (Å²) in [5.41, 5.74) is 0.419. The van der Waals surface area contributed by atoms with Crippen LogP contribution in [0.25, 0.3) is 10.2 Å². The van der Waals surface area contributed by atoms with Gasteiger partial charge in [-0.3, -0.25) is 14.6 Å². The molecule has 2 fully saturated rings. The van der Waals surface area contributed by atoms with Crippen molar-refractivity contribution < 1.29 is 27.8 Å². The topological polar surface area (TPSA) is 69.1 Å². The third-order valence-corrected chi connectivity index (χ3v) is 7.84. The Hall–Kier alpha value is -2.73. The minimum atomic E-state index is -4.45. The van der Waals surface area contributed by atoms with Crippen molar-refractivity contribution in [2.45, 2.75) is 31.7 Å². The lowest BCUT2D eigenvalue weighted by Gasteiger charge is -2.37. The smallest absolute Gasteiger partial charge is 0.416 e. The molecule has 11 heteroatoms. The van der Waals surface area contributed by atoms with Gasteiger partial charge in [0.05, 0.1) is 26.8 Å². The third-order valence-electron chi connectivity index (χ3n) is 6.89. The fraction of sp³-hybridized carbons (Fsp3) is 0.462. The molecule has 0 saturated carbocycles. The molecule has 2 aliphatic heterocycles. The molecule has 1 N–H and O–H groups in total. The molecular formula is C26H29F3N4O3S. The van der Waals surface area contributed by atoms with Crippen molar-refractivity contribution in [2.24, 2.45) is 0 Å². The fourth-order valence-electron chi connectivity index (χ4n) is 5.02. The molecule has 2 aliphatic rings. The van der Waals surface area contributed by atoms with Crippen LogP contribution in [-0.2, 0) is 11.0 Å². The van der Waals surface area contributed by atoms with Gasteiger partial charge in [-0.1, -0.05) is 6.07 Å². The van der Waals surface area contributed by atoms with Gasteiger partial charge in [-0.25, -0.2) is 4.98 Å². The van der Waals surface area contributed by atoms with Gasteiger partial charge < -0.3 is 14.7 Å². The molecule has 2 atom stereocenters. The highest BCUT2D eigenvalue weighted by atomic mass is 32.1. The van der Waals surface area contributed by atoms with Crippen molar-refractivity contribution in [3.63, 3.8) is 0 Å². The number of rotatable bonds is 7. The predicted molar refractivity (Wildman–Crippen MR) is 136 cm³/mol. The fourth-order valence-corrected chi connectivity index (χ4v) is 5.83. The van der Waals surface area contributed by atoms with Gasteiger partial charge in [0.1, 0.15) is 18.5 Å². The Morgan fingerprint density at radius 3 is 2.68 bits per heavy atom. The van der Waals surface area contributed by atoms with Crippen LogP contribution >= 0.6 is 11.3 Å². The molecular weight excluding hydrogens is 505 g/mol. The molecule has 37 heavy (non-hydrogen) atoms. The van der Waals surface area contributed by atoms with Gasteiger partial charge in [0.15, 0.2) is 0 Å². The van der Waals surface area contributed by atoms with Crippen LogP contribution in [0.3, 0.4) is 0 Å². The summed E-state index contributed by atoms with van der Waals surface area (Å²) >= 11 is 1.63. The summed E-state index contributed by atoms with van der Waals surface area (Å²) in [6.45, 7) is 5.67. The van der Waals surface area contributed by atoms with E-state index in [1.165, 1.54) is 11.0 Å². The van der Waals surface area contributed by atoms with Gasteiger partial charge in [-0.15, -0.1) is 11.3 Å². The number of halogens is 3. The number of thiazole rings is 1. The molecule has 2 aromatic carbocycles. The van der Waals surface area contributed by atoms with E-state index in [1.54, 1.807) is 17.4 Å². The number of nitrogens with zero attached hydrogens (tertiary/aromatic N) is 4. The number of hydrogen-bond donors (Lipinski definition) is 1. The molecule has 1 amide bonds. The number of piperazine rings is 1. The predicted octanol–water partition coefficient (Wildman–Crippen LogP) is 3.79. The molecule has 5 rings (SSSR count). The molecule has 1 aromatic heterocycles. The van der Waals surface area contributed by atoms with Crippen molar-refractivity contribution >= 4 is 33.1 Å². The van der Waals surface area contributed by atoms with E-state index in [2.05, 4.69) is 14.8 Å². The molecule has 3 aromatic rings. The average molecular weight is 535 g/mol. The monoisotopic (exact) mass is 534 g/mol. The molecule has 0 radical (unpaired) electrons. The number of benzene rings is 2. The summed E-state index contributed by atoms with van der Waals surface area (Å²) in [5, 5.41) is 11.5. The van der Waals surface area contributed by atoms with E-state index >= 15 is 0 Å². The maximum absolute atomic E-state index is 13.1. The van der Waals surface area contributed by atoms with Crippen molar-refractivity contribution in [3.05, 3.63) is 53.0 Å². The Morgan fingerprint density at radius 2 is 1.92 bits per heavy atom. The van der Waals surface area contributed by atoms with Crippen LogP contribution in [0.4, 0.5) is 18.9 Å². The Labute approximate surface area is 217 Å². The quantitative estimate of drug-likeness (QED) is 0.498. The number of ether oxygens (including phenoxy) is 1. The average Bonchev–Trinajstić information content (AvgIpc) is 3.44. The maximum atomic E-state index is 13.1. The summed E-state index contributed by atoms with van der Waals surface area (Å²) in [7, 11) is 0. The molecule has 0 aliphatic carbocycles. The Morgan fingerprint density at radius 1 is 1.14 bits per heavy atom. The van der Waals surface area contributed by atoms with Crippen molar-refractivity contribution in [3.8, 4) is 5.75 Å². The van der Waals surface area contributed by atoms with E-state index in [1.807, 2.05) is 25.1 Å². The number of carbonyl (C=O) groups is 1. The second kappa shape index (κ2) is 10.6.